The molecule has 0 bridgehead atoms. The molecule has 0 aliphatic carbocycles. The minimum absolute atomic E-state index is 0. The summed E-state index contributed by atoms with van der Waals surface area (Å²) >= 11 is 0. The SMILES string of the molecule is CCCCCCCCCCCCCCCCCC[N+](C)(CCN)CCCC[N+](C)(CCN)CCCCCCCCCCCCCCCCCC.[Cl-].[Cl-]. The zero-order chi connectivity index (χ0) is 36.7. The lowest BCUT2D eigenvalue weighted by molar-refractivity contribution is -0.914. The molecule has 0 heterocycles. The van der Waals surface area contributed by atoms with Crippen LogP contribution in [0.15, 0.2) is 0 Å². The van der Waals surface area contributed by atoms with Gasteiger partial charge in [0, 0.05) is 25.9 Å². The van der Waals surface area contributed by atoms with Crippen molar-refractivity contribution in [3.63, 3.8) is 0 Å². The summed E-state index contributed by atoms with van der Waals surface area (Å²) in [7, 11) is 4.95. The molecule has 4 N–H and O–H groups in total. The highest BCUT2D eigenvalue weighted by atomic mass is 35.5. The zero-order valence-electron chi connectivity index (χ0n) is 36.5. The Balaban J connectivity index is -0.0000120. The van der Waals surface area contributed by atoms with E-state index < -0.39 is 0 Å². The Labute approximate surface area is 342 Å². The molecule has 6 heteroatoms. The summed E-state index contributed by atoms with van der Waals surface area (Å²) in [6, 6.07) is 0. The molecule has 0 amide bonds. The maximum absolute atomic E-state index is 6.11. The average Bonchev–Trinajstić information content (AvgIpc) is 3.10. The van der Waals surface area contributed by atoms with Crippen LogP contribution in [0.25, 0.3) is 0 Å². The van der Waals surface area contributed by atoms with E-state index in [9.17, 15) is 0 Å². The van der Waals surface area contributed by atoms with E-state index in [1.54, 1.807) is 0 Å². The van der Waals surface area contributed by atoms with Gasteiger partial charge in [-0.1, -0.05) is 194 Å². The van der Waals surface area contributed by atoms with Gasteiger partial charge in [0.05, 0.1) is 53.4 Å². The molecule has 2 atom stereocenters. The Morgan fingerprint density at radius 1 is 0.250 bits per heavy atom. The third kappa shape index (κ3) is 40.1. The van der Waals surface area contributed by atoms with Crippen LogP contribution in [0.2, 0.25) is 0 Å². The van der Waals surface area contributed by atoms with Crippen molar-refractivity contribution in [2.24, 2.45) is 11.5 Å². The summed E-state index contributed by atoms with van der Waals surface area (Å²) in [5.41, 5.74) is 12.2. The fourth-order valence-electron chi connectivity index (χ4n) is 8.36. The van der Waals surface area contributed by atoms with Crippen molar-refractivity contribution in [3.05, 3.63) is 0 Å². The molecule has 0 saturated heterocycles. The molecule has 318 valence electrons. The fraction of sp³-hybridized carbons (Fsp3) is 1.00. The molecule has 0 radical (unpaired) electrons. The topological polar surface area (TPSA) is 52.0 Å². The molecule has 0 aromatic heterocycles. The molecule has 0 fully saturated rings. The van der Waals surface area contributed by atoms with Gasteiger partial charge in [0.1, 0.15) is 0 Å². The van der Waals surface area contributed by atoms with Gasteiger partial charge in [-0.15, -0.1) is 0 Å². The van der Waals surface area contributed by atoms with Gasteiger partial charge >= 0.3 is 0 Å². The largest absolute Gasteiger partial charge is 1.00 e. The average molecular weight is 780 g/mol. The molecule has 0 spiro atoms. The second-order valence-electron chi connectivity index (χ2n) is 17.5. The number of nitrogens with zero attached hydrogens (tertiary/aromatic N) is 2. The number of nitrogens with two attached hydrogens (primary N) is 2. The quantitative estimate of drug-likeness (QED) is 0.0513. The van der Waals surface area contributed by atoms with E-state index in [1.165, 1.54) is 253 Å². The zero-order valence-corrected chi connectivity index (χ0v) is 38.0. The molecule has 0 aromatic carbocycles. The van der Waals surface area contributed by atoms with Gasteiger partial charge in [-0.3, -0.25) is 0 Å². The van der Waals surface area contributed by atoms with Crippen LogP contribution in [-0.4, -0.2) is 75.4 Å². The van der Waals surface area contributed by atoms with E-state index in [-0.39, 0.29) is 24.8 Å². The van der Waals surface area contributed by atoms with Crippen molar-refractivity contribution in [3.8, 4) is 0 Å². The van der Waals surface area contributed by atoms with Crippen molar-refractivity contribution in [2.45, 2.75) is 232 Å². The molecule has 52 heavy (non-hydrogen) atoms. The number of halogens is 2. The first kappa shape index (κ1) is 56.7. The normalized spacial score (nSPS) is 13.7. The highest BCUT2D eigenvalue weighted by molar-refractivity contribution is 4.54. The monoisotopic (exact) mass is 779 g/mol. The van der Waals surface area contributed by atoms with Gasteiger partial charge in [-0.05, 0) is 25.7 Å². The van der Waals surface area contributed by atoms with Crippen LogP contribution in [0.3, 0.4) is 0 Å². The molecule has 0 aliphatic rings. The molecule has 2 unspecified atom stereocenters. The molecule has 0 rings (SSSR count). The lowest BCUT2D eigenvalue weighted by atomic mass is 10.0. The Morgan fingerprint density at radius 2 is 0.404 bits per heavy atom. The predicted octanol–water partition coefficient (Wildman–Crippen LogP) is 7.11. The number of hydrogen-bond acceptors (Lipinski definition) is 2. The minimum atomic E-state index is 0. The number of likely N-dealkylation sites (N-methyl/N-ethyl adjacent to an activating group) is 2. The Hall–Kier alpha value is 0.420. The lowest BCUT2D eigenvalue weighted by Crippen LogP contribution is -3.00. The van der Waals surface area contributed by atoms with Gasteiger partial charge in [0.25, 0.3) is 0 Å². The molecular weight excluding hydrogens is 679 g/mol. The number of rotatable bonds is 43. The summed E-state index contributed by atoms with van der Waals surface area (Å²) in [6.45, 7) is 13.7. The summed E-state index contributed by atoms with van der Waals surface area (Å²) in [5, 5.41) is 0. The van der Waals surface area contributed by atoms with Gasteiger partial charge in [-0.2, -0.15) is 0 Å². The van der Waals surface area contributed by atoms with Crippen molar-refractivity contribution >= 4 is 0 Å². The van der Waals surface area contributed by atoms with Gasteiger partial charge in [-0.25, -0.2) is 0 Å². The minimum Gasteiger partial charge on any atom is -1.00 e. The summed E-state index contributed by atoms with van der Waals surface area (Å²) < 4.78 is 2.35. The highest BCUT2D eigenvalue weighted by Crippen LogP contribution is 2.17. The maximum atomic E-state index is 6.11. The van der Waals surface area contributed by atoms with Gasteiger partial charge < -0.3 is 45.2 Å². The summed E-state index contributed by atoms with van der Waals surface area (Å²) in [6.07, 6.45) is 48.8. The Morgan fingerprint density at radius 3 is 0.577 bits per heavy atom. The maximum Gasteiger partial charge on any atom is 0.0909 e. The van der Waals surface area contributed by atoms with E-state index in [4.69, 9.17) is 11.5 Å². The van der Waals surface area contributed by atoms with Gasteiger partial charge in [0.2, 0.25) is 0 Å². The molecule has 4 nitrogen and oxygen atoms in total. The fourth-order valence-corrected chi connectivity index (χ4v) is 8.36. The Kier molecular flexibility index (Phi) is 48.2. The number of quaternary nitrogens is 2. The van der Waals surface area contributed by atoms with E-state index in [1.807, 2.05) is 0 Å². The lowest BCUT2D eigenvalue weighted by Gasteiger charge is -2.36. The third-order valence-electron chi connectivity index (χ3n) is 12.1. The molecule has 0 saturated carbocycles. The van der Waals surface area contributed by atoms with E-state index in [2.05, 4.69) is 27.9 Å². The van der Waals surface area contributed by atoms with E-state index in [0.717, 1.165) is 26.2 Å². The van der Waals surface area contributed by atoms with Crippen LogP contribution in [-0.2, 0) is 0 Å². The second kappa shape index (κ2) is 44.1. The molecule has 0 aliphatic heterocycles. The first-order valence-electron chi connectivity index (χ1n) is 23.5. The van der Waals surface area contributed by atoms with Crippen LogP contribution >= 0.6 is 0 Å². The third-order valence-corrected chi connectivity index (χ3v) is 12.1. The predicted molar refractivity (Wildman–Crippen MR) is 228 cm³/mol. The van der Waals surface area contributed by atoms with E-state index in [0.29, 0.717) is 0 Å². The van der Waals surface area contributed by atoms with Crippen molar-refractivity contribution < 1.29 is 33.8 Å². The molecule has 0 aromatic rings. The van der Waals surface area contributed by atoms with Crippen LogP contribution in [0.1, 0.15) is 232 Å². The smallest absolute Gasteiger partial charge is 0.0909 e. The van der Waals surface area contributed by atoms with Crippen molar-refractivity contribution in [1.29, 1.82) is 0 Å². The number of unbranched alkanes of at least 4 members (excludes halogenated alkanes) is 31. The number of hydrogen-bond donors (Lipinski definition) is 2. The highest BCUT2D eigenvalue weighted by Gasteiger charge is 2.23. The summed E-state index contributed by atoms with van der Waals surface area (Å²) in [4.78, 5) is 0. The molecular formula is C46H100Cl2N4. The Bertz CT molecular complexity index is 600. The standard InChI is InChI=1S/C46H100N4.2ClH/c1-5-7-9-11-13-15-17-19-21-23-25-27-29-31-33-35-41-49(3,45-39-47)43-37-38-44-50(4,46-40-48)42-36-34-32-30-28-26-24-22-20-18-16-14-12-10-8-6-2;;/h5-48H2,1-4H3;2*1H/q+2;;/p-2. The summed E-state index contributed by atoms with van der Waals surface area (Å²) in [5.74, 6) is 0. The van der Waals surface area contributed by atoms with Crippen LogP contribution in [0, 0.1) is 0 Å². The first-order chi connectivity index (χ1) is 24.4. The van der Waals surface area contributed by atoms with Crippen molar-refractivity contribution in [1.82, 2.24) is 0 Å². The van der Waals surface area contributed by atoms with E-state index >= 15 is 0 Å². The van der Waals surface area contributed by atoms with Crippen LogP contribution in [0.5, 0.6) is 0 Å². The van der Waals surface area contributed by atoms with Gasteiger partial charge in [0.15, 0.2) is 0 Å². The first-order valence-corrected chi connectivity index (χ1v) is 23.5. The van der Waals surface area contributed by atoms with Crippen LogP contribution in [0.4, 0.5) is 0 Å². The van der Waals surface area contributed by atoms with Crippen LogP contribution < -0.4 is 36.3 Å². The second-order valence-corrected chi connectivity index (χ2v) is 17.5. The van der Waals surface area contributed by atoms with Crippen molar-refractivity contribution in [2.75, 3.05) is 66.5 Å².